The fourth-order valence-electron chi connectivity index (χ4n) is 6.69. The topological polar surface area (TPSA) is 365 Å². The largest absolute Gasteiger partial charge is 0.571 e. The molecule has 0 spiro atoms. The highest BCUT2D eigenvalue weighted by atomic mass is 16.7. The van der Waals surface area contributed by atoms with Crippen LogP contribution in [-0.2, 0) is 52.4 Å². The highest BCUT2D eigenvalue weighted by molar-refractivity contribution is 5.90. The van der Waals surface area contributed by atoms with Crippen molar-refractivity contribution in [3.63, 3.8) is 0 Å². The summed E-state index contributed by atoms with van der Waals surface area (Å²) in [6.45, 7) is -1.54. The van der Waals surface area contributed by atoms with Crippen molar-refractivity contribution in [2.75, 3.05) is 13.2 Å². The maximum absolute atomic E-state index is 12.5. The van der Waals surface area contributed by atoms with Gasteiger partial charge in [0.2, 0.25) is 12.6 Å². The number of aliphatic carboxylic acids is 2. The van der Waals surface area contributed by atoms with E-state index < -0.39 is 129 Å². The molecule has 65 heavy (non-hydrogen) atoms. The molecule has 3 aliphatic heterocycles. The van der Waals surface area contributed by atoms with Gasteiger partial charge in [0, 0.05) is 18.2 Å². The highest BCUT2D eigenvalue weighted by Crippen LogP contribution is 2.46. The summed E-state index contributed by atoms with van der Waals surface area (Å²) in [7, 11) is 0. The van der Waals surface area contributed by atoms with E-state index in [2.05, 4.69) is 4.74 Å². The lowest BCUT2D eigenvalue weighted by Gasteiger charge is -2.41. The second-order valence-corrected chi connectivity index (χ2v) is 14.7. The lowest BCUT2D eigenvalue weighted by molar-refractivity contribution is -0.296. The number of carbonyl (C=O) groups is 5. The molecule has 0 aromatic heterocycles. The van der Waals surface area contributed by atoms with Gasteiger partial charge in [-0.2, -0.15) is 0 Å². The van der Waals surface area contributed by atoms with Crippen LogP contribution in [0.15, 0.2) is 72.5 Å². The average Bonchev–Trinajstić information content (AvgIpc) is 3.25. The van der Waals surface area contributed by atoms with Gasteiger partial charge in [0.15, 0.2) is 11.9 Å². The number of phenolic OH excluding ortho intramolecular Hbond substituents is 3. The van der Waals surface area contributed by atoms with Gasteiger partial charge < -0.3 is 89.0 Å². The van der Waals surface area contributed by atoms with Gasteiger partial charge in [0.05, 0.1) is 11.6 Å². The molecule has 0 amide bonds. The van der Waals surface area contributed by atoms with Crippen LogP contribution in [0.3, 0.4) is 0 Å². The fraction of sp³-hybridized carbons (Fsp3) is 0.357. The molecule has 0 bridgehead atoms. The molecule has 23 heteroatoms. The number of esters is 3. The van der Waals surface area contributed by atoms with E-state index in [1.54, 1.807) is 0 Å². The molecule has 3 aromatic carbocycles. The monoisotopic (exact) mass is 915 g/mol. The van der Waals surface area contributed by atoms with Gasteiger partial charge >= 0.3 is 29.8 Å². The predicted octanol–water partition coefficient (Wildman–Crippen LogP) is -0.549. The summed E-state index contributed by atoms with van der Waals surface area (Å²) in [5.41, 5.74) is 0.891. The van der Waals surface area contributed by atoms with Crippen molar-refractivity contribution in [3.8, 4) is 28.7 Å². The van der Waals surface area contributed by atoms with Crippen LogP contribution in [0, 0.1) is 0 Å². The lowest BCUT2D eigenvalue weighted by atomic mass is 9.98. The van der Waals surface area contributed by atoms with Gasteiger partial charge in [-0.25, -0.2) is 4.79 Å². The van der Waals surface area contributed by atoms with E-state index in [9.17, 15) is 64.8 Å². The third kappa shape index (κ3) is 12.0. The number of carboxylic acid groups (broad SMARTS) is 2. The molecule has 2 fully saturated rings. The third-order valence-electron chi connectivity index (χ3n) is 9.90. The number of hydrogen-bond donors (Lipinski definition) is 10. The number of aliphatic hydroxyl groups excluding tert-OH is 5. The first-order valence-electron chi connectivity index (χ1n) is 19.4. The van der Waals surface area contributed by atoms with E-state index in [0.717, 1.165) is 12.1 Å². The fourth-order valence-corrected chi connectivity index (χ4v) is 6.69. The van der Waals surface area contributed by atoms with Crippen molar-refractivity contribution >= 4 is 42.0 Å². The number of carboxylic acids is 2. The maximum atomic E-state index is 12.5. The first-order chi connectivity index (χ1) is 30.9. The molecule has 0 saturated carbocycles. The Morgan fingerprint density at radius 1 is 0.646 bits per heavy atom. The highest BCUT2D eigenvalue weighted by Gasteiger charge is 2.50. The molecule has 23 nitrogen and oxygen atoms in total. The van der Waals surface area contributed by atoms with Crippen LogP contribution >= 0.6 is 0 Å². The zero-order valence-electron chi connectivity index (χ0n) is 33.5. The van der Waals surface area contributed by atoms with E-state index in [4.69, 9.17) is 43.4 Å². The maximum Gasteiger partial charge on any atom is 0.330 e. The minimum Gasteiger partial charge on any atom is -0.571 e. The Morgan fingerprint density at radius 2 is 1.23 bits per heavy atom. The number of aliphatic hydroxyl groups is 6. The van der Waals surface area contributed by atoms with Crippen LogP contribution in [0.2, 0.25) is 0 Å². The van der Waals surface area contributed by atoms with Crippen LogP contribution in [0.5, 0.6) is 28.7 Å². The number of phenols is 3. The first-order valence-corrected chi connectivity index (χ1v) is 19.4. The normalized spacial score (nSPS) is 27.3. The van der Waals surface area contributed by atoms with Crippen LogP contribution in [-0.4, -0.2) is 160 Å². The molecule has 6 rings (SSSR count). The Morgan fingerprint density at radius 3 is 1.89 bits per heavy atom. The van der Waals surface area contributed by atoms with Gasteiger partial charge in [-0.05, 0) is 48.0 Å². The molecule has 348 valence electrons. The minimum atomic E-state index is -2.12. The zero-order chi connectivity index (χ0) is 47.1. The third-order valence-corrected chi connectivity index (χ3v) is 9.90. The van der Waals surface area contributed by atoms with Gasteiger partial charge in [-0.15, -0.1) is 0 Å². The Labute approximate surface area is 366 Å². The van der Waals surface area contributed by atoms with Crippen molar-refractivity contribution < 1.29 is 113 Å². The van der Waals surface area contributed by atoms with E-state index in [1.165, 1.54) is 66.7 Å². The minimum absolute atomic E-state index is 0.00150. The van der Waals surface area contributed by atoms with Crippen molar-refractivity contribution in [1.82, 2.24) is 0 Å². The SMILES string of the molecule is O=C(O)CC(=O)OCC1OC(Oc2cc(O)cc3c2C=C(OC2OC(COC(=O)C=Cc4ccc(O)cc4)C(O)C(O)C2O)C(c2ccc(O)cc2)[OH+]3)C(O)C(O)C1OC(=O)CC(=O)O. The Balaban J connectivity index is 1.27. The van der Waals surface area contributed by atoms with Gasteiger partial charge in [0.25, 0.3) is 11.9 Å². The summed E-state index contributed by atoms with van der Waals surface area (Å²) in [4.78, 5) is 59.0. The number of benzene rings is 3. The Hall–Kier alpha value is -6.99. The van der Waals surface area contributed by atoms with Crippen LogP contribution < -0.4 is 4.74 Å². The zero-order valence-corrected chi connectivity index (χ0v) is 33.5. The summed E-state index contributed by atoms with van der Waals surface area (Å²) >= 11 is 0. The van der Waals surface area contributed by atoms with Crippen molar-refractivity contribution in [2.45, 2.75) is 80.4 Å². The van der Waals surface area contributed by atoms with Crippen molar-refractivity contribution in [3.05, 3.63) is 89.2 Å². The van der Waals surface area contributed by atoms with Crippen molar-refractivity contribution in [2.24, 2.45) is 0 Å². The number of ether oxygens (including phenoxy) is 8. The molecule has 11 N–H and O–H groups in total. The standard InChI is InChI=1S/C42H42O23/c43-20-6-1-18(2-7-20)3-10-31(50)58-16-27-34(53)35(54)37(56)41(63-27)62-26-13-23-24(60-39(26)19-4-8-21(44)9-5-19)11-22(45)12-25(23)61-42-38(57)36(55)40(65-33(52)15-30(48)49)28(64-42)17-59-32(51)14-29(46)47/h1-13,27-28,34-45,53-57H,14-17H2,(H,46,47)(H,48,49)/p+1. The summed E-state index contributed by atoms with van der Waals surface area (Å²) in [5, 5.41) is 103. The molecular formula is C42H43O23+. The second kappa shape index (κ2) is 20.7. The molecule has 11 unspecified atom stereocenters. The number of hydrogen-bond acceptors (Lipinski definition) is 20. The lowest BCUT2D eigenvalue weighted by Crippen LogP contribution is -2.61. The predicted molar refractivity (Wildman–Crippen MR) is 211 cm³/mol. The molecule has 0 aliphatic carbocycles. The molecule has 11 atom stereocenters. The smallest absolute Gasteiger partial charge is 0.330 e. The summed E-state index contributed by atoms with van der Waals surface area (Å²) in [6, 6.07) is 13.7. The Kier molecular flexibility index (Phi) is 15.1. The summed E-state index contributed by atoms with van der Waals surface area (Å²) < 4.78 is 43.4. The Bertz CT molecular complexity index is 2270. The first kappa shape index (κ1) is 47.5. The number of carbonyl (C=O) groups excluding carboxylic acids is 3. The van der Waals surface area contributed by atoms with E-state index in [0.29, 0.717) is 11.1 Å². The average molecular weight is 916 g/mol. The van der Waals surface area contributed by atoms with Crippen LogP contribution in [0.4, 0.5) is 0 Å². The van der Waals surface area contributed by atoms with Gasteiger partial charge in [-0.3, -0.25) is 19.2 Å². The van der Waals surface area contributed by atoms with E-state index >= 15 is 0 Å². The van der Waals surface area contributed by atoms with E-state index in [-0.39, 0.29) is 34.3 Å². The van der Waals surface area contributed by atoms with Crippen molar-refractivity contribution in [1.29, 1.82) is 0 Å². The molecule has 0 radical (unpaired) electrons. The van der Waals surface area contributed by atoms with Crippen LogP contribution in [0.1, 0.15) is 35.6 Å². The molecule has 2 saturated heterocycles. The van der Waals surface area contributed by atoms with Gasteiger partial charge in [0.1, 0.15) is 97.3 Å². The quantitative estimate of drug-likeness (QED) is 0.0283. The number of aromatic hydroxyl groups is 4. The molecule has 3 aromatic rings. The summed E-state index contributed by atoms with van der Waals surface area (Å²) in [6.07, 6.45) is -18.4. The molecule has 3 aliphatic rings. The summed E-state index contributed by atoms with van der Waals surface area (Å²) in [5.74, 6) is -7.76. The number of rotatable bonds is 16. The molecular weight excluding hydrogens is 872 g/mol. The second-order valence-electron chi connectivity index (χ2n) is 14.7. The number of fused-ring (bicyclic) bond motifs is 1. The van der Waals surface area contributed by atoms with Gasteiger partial charge in [-0.1, -0.05) is 12.1 Å². The molecule has 3 heterocycles. The van der Waals surface area contributed by atoms with E-state index in [1.807, 2.05) is 0 Å². The van der Waals surface area contributed by atoms with Crippen LogP contribution in [0.25, 0.3) is 12.2 Å².